The van der Waals surface area contributed by atoms with Crippen LogP contribution in [0.1, 0.15) is 20.8 Å². The van der Waals surface area contributed by atoms with Crippen LogP contribution >= 0.6 is 0 Å². The summed E-state index contributed by atoms with van der Waals surface area (Å²) in [5.74, 6) is 0. The Labute approximate surface area is 69.2 Å². The van der Waals surface area contributed by atoms with Crippen molar-refractivity contribution in [1.82, 2.24) is 0 Å². The first kappa shape index (κ1) is 10.7. The van der Waals surface area contributed by atoms with Crippen molar-refractivity contribution < 1.29 is 9.47 Å². The van der Waals surface area contributed by atoms with Crippen molar-refractivity contribution >= 4 is 0 Å². The maximum absolute atomic E-state index is 4.71. The monoisotopic (exact) mass is 158 g/mol. The van der Waals surface area contributed by atoms with Crippen LogP contribution in [0.3, 0.4) is 0 Å². The first-order valence-corrected chi connectivity index (χ1v) is 4.01. The zero-order valence-corrected chi connectivity index (χ0v) is 7.67. The smallest absolute Gasteiger partial charge is 0.0781 e. The minimum Gasteiger partial charge on any atom is -0.373 e. The van der Waals surface area contributed by atoms with Crippen LogP contribution in [0.2, 0.25) is 0 Å². The quantitative estimate of drug-likeness (QED) is 0.398. The number of hydrogen-bond donors (Lipinski definition) is 0. The standard InChI is InChI=1S/2C3H6O.C3H6/c2*1-3-2-4-3;1-3-2/h2*3H,2H2,1H3;3H,1H2,2H3. The van der Waals surface area contributed by atoms with Gasteiger partial charge >= 0.3 is 0 Å². The van der Waals surface area contributed by atoms with E-state index in [1.807, 2.05) is 6.92 Å². The summed E-state index contributed by atoms with van der Waals surface area (Å²) in [5, 5.41) is 0. The molecule has 2 heteroatoms. The van der Waals surface area contributed by atoms with Crippen LogP contribution in [0.5, 0.6) is 0 Å². The van der Waals surface area contributed by atoms with Crippen LogP contribution in [0.4, 0.5) is 0 Å². The van der Waals surface area contributed by atoms with Gasteiger partial charge in [-0.1, -0.05) is 6.08 Å². The molecule has 2 atom stereocenters. The van der Waals surface area contributed by atoms with E-state index in [9.17, 15) is 0 Å². The Bertz CT molecular complexity index is 83.7. The molecule has 0 saturated carbocycles. The summed E-state index contributed by atoms with van der Waals surface area (Å²) >= 11 is 0. The summed E-state index contributed by atoms with van der Waals surface area (Å²) < 4.78 is 9.42. The van der Waals surface area contributed by atoms with Crippen molar-refractivity contribution in [3.8, 4) is 0 Å². The summed E-state index contributed by atoms with van der Waals surface area (Å²) in [5.41, 5.74) is 0. The Balaban J connectivity index is 0.000000139. The highest BCUT2D eigenvalue weighted by atomic mass is 16.6. The van der Waals surface area contributed by atoms with Crippen molar-refractivity contribution in [3.63, 3.8) is 0 Å². The zero-order chi connectivity index (χ0) is 8.69. The third kappa shape index (κ3) is 17.7. The molecule has 0 aromatic carbocycles. The molecule has 0 aliphatic carbocycles. The normalized spacial score (nSPS) is 30.1. The Morgan fingerprint density at radius 2 is 1.27 bits per heavy atom. The van der Waals surface area contributed by atoms with E-state index < -0.39 is 0 Å². The van der Waals surface area contributed by atoms with E-state index in [0.29, 0.717) is 12.2 Å². The summed E-state index contributed by atoms with van der Waals surface area (Å²) in [6, 6.07) is 0. The fourth-order valence-electron chi connectivity index (χ4n) is 0.192. The minimum atomic E-state index is 0.583. The highest BCUT2D eigenvalue weighted by Gasteiger charge is 2.13. The first-order valence-electron chi connectivity index (χ1n) is 4.01. The van der Waals surface area contributed by atoms with Crippen LogP contribution in [-0.2, 0) is 9.47 Å². The Morgan fingerprint density at radius 1 is 1.18 bits per heavy atom. The molecule has 2 fully saturated rings. The zero-order valence-electron chi connectivity index (χ0n) is 7.67. The molecule has 2 rings (SSSR count). The fraction of sp³-hybridized carbons (Fsp3) is 0.778. The van der Waals surface area contributed by atoms with Crippen molar-refractivity contribution in [2.45, 2.75) is 33.0 Å². The molecule has 0 bridgehead atoms. The van der Waals surface area contributed by atoms with Gasteiger partial charge in [0.05, 0.1) is 25.4 Å². The molecule has 2 aliphatic heterocycles. The maximum atomic E-state index is 4.71. The number of rotatable bonds is 0. The number of hydrogen-bond acceptors (Lipinski definition) is 2. The molecular weight excluding hydrogens is 140 g/mol. The molecule has 0 aromatic heterocycles. The molecule has 0 spiro atoms. The summed E-state index contributed by atoms with van der Waals surface area (Å²) in [6.07, 6.45) is 2.92. The van der Waals surface area contributed by atoms with Gasteiger partial charge in [-0.15, -0.1) is 6.58 Å². The molecule has 0 N–H and O–H groups in total. The van der Waals surface area contributed by atoms with Gasteiger partial charge in [0.1, 0.15) is 0 Å². The van der Waals surface area contributed by atoms with Gasteiger partial charge in [0.15, 0.2) is 0 Å². The van der Waals surface area contributed by atoms with E-state index in [1.54, 1.807) is 6.08 Å². The average Bonchev–Trinajstić information content (AvgIpc) is 2.76. The molecule has 2 saturated heterocycles. The van der Waals surface area contributed by atoms with E-state index in [1.165, 1.54) is 0 Å². The minimum absolute atomic E-state index is 0.583. The van der Waals surface area contributed by atoms with E-state index in [4.69, 9.17) is 9.47 Å². The van der Waals surface area contributed by atoms with Crippen molar-refractivity contribution in [3.05, 3.63) is 12.7 Å². The van der Waals surface area contributed by atoms with Gasteiger partial charge in [-0.3, -0.25) is 0 Å². The lowest BCUT2D eigenvalue weighted by Crippen LogP contribution is -1.60. The lowest BCUT2D eigenvalue weighted by atomic mass is 10.6. The maximum Gasteiger partial charge on any atom is 0.0781 e. The summed E-state index contributed by atoms with van der Waals surface area (Å²) in [7, 11) is 0. The van der Waals surface area contributed by atoms with E-state index >= 15 is 0 Å². The summed E-state index contributed by atoms with van der Waals surface area (Å²) in [4.78, 5) is 0. The van der Waals surface area contributed by atoms with Gasteiger partial charge < -0.3 is 9.47 Å². The second-order valence-corrected chi connectivity index (χ2v) is 2.70. The molecule has 2 nitrogen and oxygen atoms in total. The molecule has 11 heavy (non-hydrogen) atoms. The van der Waals surface area contributed by atoms with Crippen molar-refractivity contribution in [2.24, 2.45) is 0 Å². The van der Waals surface area contributed by atoms with Crippen LogP contribution < -0.4 is 0 Å². The lowest BCUT2D eigenvalue weighted by molar-refractivity contribution is 0.423. The highest BCUT2D eigenvalue weighted by molar-refractivity contribution is 4.58. The Kier molecular flexibility index (Phi) is 6.18. The van der Waals surface area contributed by atoms with Crippen LogP contribution in [0.25, 0.3) is 0 Å². The molecular formula is C9H18O2. The summed E-state index contributed by atoms with van der Waals surface area (Å²) in [6.45, 7) is 11.3. The van der Waals surface area contributed by atoms with Gasteiger partial charge in [0.25, 0.3) is 0 Å². The number of ether oxygens (including phenoxy) is 2. The van der Waals surface area contributed by atoms with Crippen LogP contribution in [0.15, 0.2) is 12.7 Å². The fourth-order valence-corrected chi connectivity index (χ4v) is 0.192. The number of allylic oxidation sites excluding steroid dienone is 1. The van der Waals surface area contributed by atoms with Gasteiger partial charge in [0.2, 0.25) is 0 Å². The largest absolute Gasteiger partial charge is 0.373 e. The third-order valence-electron chi connectivity index (χ3n) is 1.00. The van der Waals surface area contributed by atoms with E-state index in [0.717, 1.165) is 13.2 Å². The molecule has 2 unspecified atom stereocenters. The average molecular weight is 158 g/mol. The molecule has 0 amide bonds. The molecule has 2 heterocycles. The van der Waals surface area contributed by atoms with E-state index in [-0.39, 0.29) is 0 Å². The predicted molar refractivity (Wildman–Crippen MR) is 46.7 cm³/mol. The van der Waals surface area contributed by atoms with Crippen LogP contribution in [0, 0.1) is 0 Å². The SMILES string of the molecule is C=CC.CC1CO1.CC1CO1. The van der Waals surface area contributed by atoms with Gasteiger partial charge in [-0.2, -0.15) is 0 Å². The van der Waals surface area contributed by atoms with Crippen molar-refractivity contribution in [2.75, 3.05) is 13.2 Å². The Morgan fingerprint density at radius 3 is 1.27 bits per heavy atom. The second kappa shape index (κ2) is 6.38. The number of epoxide rings is 2. The lowest BCUT2D eigenvalue weighted by Gasteiger charge is -1.51. The van der Waals surface area contributed by atoms with Crippen molar-refractivity contribution in [1.29, 1.82) is 0 Å². The van der Waals surface area contributed by atoms with E-state index in [2.05, 4.69) is 20.4 Å². The molecule has 66 valence electrons. The van der Waals surface area contributed by atoms with Gasteiger partial charge in [0, 0.05) is 0 Å². The second-order valence-electron chi connectivity index (χ2n) is 2.70. The third-order valence-corrected chi connectivity index (χ3v) is 1.00. The van der Waals surface area contributed by atoms with Gasteiger partial charge in [-0.25, -0.2) is 0 Å². The Hall–Kier alpha value is -0.340. The molecule has 2 aliphatic rings. The predicted octanol–water partition coefficient (Wildman–Crippen LogP) is 2.00. The molecule has 0 aromatic rings. The van der Waals surface area contributed by atoms with Crippen LogP contribution in [-0.4, -0.2) is 25.4 Å². The molecule has 0 radical (unpaired) electrons. The topological polar surface area (TPSA) is 25.1 Å². The highest BCUT2D eigenvalue weighted by Crippen LogP contribution is 2.04. The first-order chi connectivity index (χ1) is 5.20. The van der Waals surface area contributed by atoms with Gasteiger partial charge in [-0.05, 0) is 20.8 Å².